The lowest BCUT2D eigenvalue weighted by molar-refractivity contribution is 1.68. The van der Waals surface area contributed by atoms with Crippen molar-refractivity contribution in [3.63, 3.8) is 0 Å². The zero-order valence-electron chi connectivity index (χ0n) is 20.1. The number of fused-ring (bicyclic) bond motifs is 7. The van der Waals surface area contributed by atoms with E-state index in [1.54, 1.807) is 0 Å². The van der Waals surface area contributed by atoms with Gasteiger partial charge in [-0.05, 0) is 61.1 Å². The van der Waals surface area contributed by atoms with Crippen LogP contribution >= 0.6 is 11.3 Å². The summed E-state index contributed by atoms with van der Waals surface area (Å²) in [5, 5.41) is 10.4. The third-order valence-corrected chi connectivity index (χ3v) is 8.89. The van der Waals surface area contributed by atoms with E-state index < -0.39 is 0 Å². The smallest absolute Gasteiger partial charge is 0.0434 e. The first-order chi connectivity index (χ1) is 18.4. The Hall–Kier alpha value is -4.46. The zero-order valence-corrected chi connectivity index (χ0v) is 20.9. The van der Waals surface area contributed by atoms with Gasteiger partial charge >= 0.3 is 0 Å². The van der Waals surface area contributed by atoms with Crippen LogP contribution in [0.1, 0.15) is 0 Å². The van der Waals surface area contributed by atoms with Gasteiger partial charge in [-0.1, -0.05) is 121 Å². The third kappa shape index (κ3) is 3.08. The van der Waals surface area contributed by atoms with E-state index in [1.165, 1.54) is 74.7 Å². The lowest BCUT2D eigenvalue weighted by Gasteiger charge is -2.15. The molecule has 0 bridgehead atoms. The van der Waals surface area contributed by atoms with Gasteiger partial charge in [-0.3, -0.25) is 0 Å². The predicted octanol–water partition coefficient (Wildman–Crippen LogP) is 10.8. The Balaban J connectivity index is 1.44. The van der Waals surface area contributed by atoms with Gasteiger partial charge in [0.1, 0.15) is 0 Å². The van der Waals surface area contributed by atoms with Crippen LogP contribution in [0.2, 0.25) is 0 Å². The first-order valence-electron chi connectivity index (χ1n) is 12.7. The van der Waals surface area contributed by atoms with Crippen molar-refractivity contribution in [2.45, 2.75) is 0 Å². The topological polar surface area (TPSA) is 0 Å². The van der Waals surface area contributed by atoms with Crippen molar-refractivity contribution in [3.05, 3.63) is 133 Å². The van der Waals surface area contributed by atoms with E-state index in [1.807, 2.05) is 11.3 Å². The second-order valence-corrected chi connectivity index (χ2v) is 10.7. The number of benzene rings is 7. The van der Waals surface area contributed by atoms with E-state index in [4.69, 9.17) is 0 Å². The minimum absolute atomic E-state index is 1.28. The SMILES string of the molecule is c1ccc2c(c1)cc(-c1cccc3c(-c4cccc5c4sc4ccccc45)cccc13)c1ccccc12. The van der Waals surface area contributed by atoms with Crippen molar-refractivity contribution in [1.82, 2.24) is 0 Å². The molecule has 0 saturated heterocycles. The fraction of sp³-hybridized carbons (Fsp3) is 0. The fourth-order valence-corrected chi connectivity index (χ4v) is 7.25. The van der Waals surface area contributed by atoms with Crippen LogP contribution in [0, 0.1) is 0 Å². The summed E-state index contributed by atoms with van der Waals surface area (Å²) in [6, 6.07) is 48.9. The van der Waals surface area contributed by atoms with Crippen molar-refractivity contribution in [1.29, 1.82) is 0 Å². The third-order valence-electron chi connectivity index (χ3n) is 7.67. The lowest BCUT2D eigenvalue weighted by atomic mass is 9.89. The standard InChI is InChI=1S/C36H22S/c1-2-11-24-23(10-1)22-34(29-13-4-3-12-25(24)29)30-18-8-15-26-27(30)16-7-17-28(26)32-19-9-20-33-31-14-5-6-21-35(31)37-36(32)33/h1-22H. The van der Waals surface area contributed by atoms with E-state index in [0.29, 0.717) is 0 Å². The minimum Gasteiger partial charge on any atom is -0.135 e. The molecule has 172 valence electrons. The Bertz CT molecular complexity index is 2140. The van der Waals surface area contributed by atoms with Gasteiger partial charge < -0.3 is 0 Å². The van der Waals surface area contributed by atoms with Gasteiger partial charge in [-0.15, -0.1) is 11.3 Å². The maximum atomic E-state index is 2.37. The summed E-state index contributed by atoms with van der Waals surface area (Å²) >= 11 is 1.90. The molecule has 0 N–H and O–H groups in total. The molecule has 8 rings (SSSR count). The Kier molecular flexibility index (Phi) is 4.49. The van der Waals surface area contributed by atoms with Crippen LogP contribution in [0.15, 0.2) is 133 Å². The van der Waals surface area contributed by atoms with E-state index in [0.717, 1.165) is 0 Å². The Morgan fingerprint density at radius 2 is 0.838 bits per heavy atom. The number of thiophene rings is 1. The van der Waals surface area contributed by atoms with Crippen LogP contribution < -0.4 is 0 Å². The maximum absolute atomic E-state index is 2.37. The number of hydrogen-bond acceptors (Lipinski definition) is 1. The molecule has 0 aliphatic rings. The molecule has 8 aromatic rings. The summed E-state index contributed by atoms with van der Waals surface area (Å²) in [5.74, 6) is 0. The first kappa shape index (κ1) is 20.7. The molecule has 1 heteroatoms. The van der Waals surface area contributed by atoms with E-state index in [9.17, 15) is 0 Å². The summed E-state index contributed by atoms with van der Waals surface area (Å²) in [5.41, 5.74) is 5.17. The molecule has 0 fully saturated rings. The maximum Gasteiger partial charge on any atom is 0.0434 e. The van der Waals surface area contributed by atoms with E-state index in [2.05, 4.69) is 133 Å². The molecule has 0 aliphatic heterocycles. The largest absolute Gasteiger partial charge is 0.135 e. The molecule has 37 heavy (non-hydrogen) atoms. The molecule has 0 nitrogen and oxygen atoms in total. The van der Waals surface area contributed by atoms with Crippen LogP contribution in [0.5, 0.6) is 0 Å². The van der Waals surface area contributed by atoms with Gasteiger partial charge in [0.25, 0.3) is 0 Å². The van der Waals surface area contributed by atoms with Gasteiger partial charge in [-0.25, -0.2) is 0 Å². The zero-order chi connectivity index (χ0) is 24.3. The van der Waals surface area contributed by atoms with Crippen molar-refractivity contribution >= 4 is 63.8 Å². The van der Waals surface area contributed by atoms with Gasteiger partial charge in [0.05, 0.1) is 0 Å². The molecular weight excluding hydrogens is 464 g/mol. The highest BCUT2D eigenvalue weighted by Gasteiger charge is 2.15. The molecule has 1 heterocycles. The summed E-state index contributed by atoms with van der Waals surface area (Å²) in [6.45, 7) is 0. The van der Waals surface area contributed by atoms with Crippen molar-refractivity contribution in [3.8, 4) is 22.3 Å². The van der Waals surface area contributed by atoms with Gasteiger partial charge in [0.15, 0.2) is 0 Å². The van der Waals surface area contributed by atoms with Crippen LogP contribution in [0.3, 0.4) is 0 Å². The van der Waals surface area contributed by atoms with Crippen molar-refractivity contribution < 1.29 is 0 Å². The van der Waals surface area contributed by atoms with Crippen LogP contribution in [-0.2, 0) is 0 Å². The summed E-state index contributed by atoms with van der Waals surface area (Å²) in [6.07, 6.45) is 0. The highest BCUT2D eigenvalue weighted by Crippen LogP contribution is 2.44. The van der Waals surface area contributed by atoms with E-state index in [-0.39, 0.29) is 0 Å². The van der Waals surface area contributed by atoms with Crippen LogP contribution in [-0.4, -0.2) is 0 Å². The molecular formula is C36H22S. The number of rotatable bonds is 2. The average molecular weight is 487 g/mol. The molecule has 7 aromatic carbocycles. The molecule has 0 saturated carbocycles. The summed E-state index contributed by atoms with van der Waals surface area (Å²) in [7, 11) is 0. The number of hydrogen-bond donors (Lipinski definition) is 0. The van der Waals surface area contributed by atoms with Crippen LogP contribution in [0.25, 0.3) is 74.7 Å². The quantitative estimate of drug-likeness (QED) is 0.213. The lowest BCUT2D eigenvalue weighted by Crippen LogP contribution is -1.88. The normalized spacial score (nSPS) is 11.8. The van der Waals surface area contributed by atoms with Gasteiger partial charge in [-0.2, -0.15) is 0 Å². The Morgan fingerprint density at radius 1 is 0.324 bits per heavy atom. The van der Waals surface area contributed by atoms with Crippen molar-refractivity contribution in [2.24, 2.45) is 0 Å². The fourth-order valence-electron chi connectivity index (χ4n) is 6.02. The molecule has 0 unspecified atom stereocenters. The molecule has 1 aromatic heterocycles. The Labute approximate surface area is 219 Å². The molecule has 0 spiro atoms. The van der Waals surface area contributed by atoms with Crippen LogP contribution in [0.4, 0.5) is 0 Å². The molecule has 0 amide bonds. The Morgan fingerprint density at radius 3 is 1.62 bits per heavy atom. The minimum atomic E-state index is 1.28. The average Bonchev–Trinajstić information content (AvgIpc) is 3.35. The molecule has 0 aliphatic carbocycles. The first-order valence-corrected chi connectivity index (χ1v) is 13.5. The summed E-state index contributed by atoms with van der Waals surface area (Å²) < 4.78 is 2.70. The molecule has 0 atom stereocenters. The highest BCUT2D eigenvalue weighted by atomic mass is 32.1. The second-order valence-electron chi connectivity index (χ2n) is 9.68. The summed E-state index contributed by atoms with van der Waals surface area (Å²) in [4.78, 5) is 0. The van der Waals surface area contributed by atoms with Gasteiger partial charge in [0, 0.05) is 25.7 Å². The van der Waals surface area contributed by atoms with Gasteiger partial charge in [0.2, 0.25) is 0 Å². The predicted molar refractivity (Wildman–Crippen MR) is 163 cm³/mol. The van der Waals surface area contributed by atoms with E-state index >= 15 is 0 Å². The second kappa shape index (κ2) is 8.03. The highest BCUT2D eigenvalue weighted by molar-refractivity contribution is 7.26. The molecule has 0 radical (unpaired) electrons. The van der Waals surface area contributed by atoms with Crippen molar-refractivity contribution in [2.75, 3.05) is 0 Å². The monoisotopic (exact) mass is 486 g/mol.